The van der Waals surface area contributed by atoms with Crippen molar-refractivity contribution in [3.8, 4) is 0 Å². The van der Waals surface area contributed by atoms with Gasteiger partial charge in [-0.15, -0.1) is 11.6 Å². The highest BCUT2D eigenvalue weighted by molar-refractivity contribution is 6.17. The molecular formula is C12H15ClN2. The third-order valence-corrected chi connectivity index (χ3v) is 2.96. The Hall–Kier alpha value is -1.02. The molecule has 0 spiro atoms. The van der Waals surface area contributed by atoms with E-state index < -0.39 is 0 Å². The van der Waals surface area contributed by atoms with E-state index in [1.54, 1.807) is 0 Å². The van der Waals surface area contributed by atoms with Gasteiger partial charge in [-0.2, -0.15) is 0 Å². The maximum atomic E-state index is 5.80. The Morgan fingerprint density at radius 1 is 1.40 bits per heavy atom. The molecule has 0 N–H and O–H groups in total. The fraction of sp³-hybridized carbons (Fsp3) is 0.417. The van der Waals surface area contributed by atoms with Crippen molar-refractivity contribution in [1.29, 1.82) is 0 Å². The van der Waals surface area contributed by atoms with Crippen molar-refractivity contribution in [2.45, 2.75) is 25.6 Å². The van der Waals surface area contributed by atoms with Crippen molar-refractivity contribution >= 4 is 22.6 Å². The van der Waals surface area contributed by atoms with E-state index in [1.165, 1.54) is 5.52 Å². The third-order valence-electron chi connectivity index (χ3n) is 2.65. The van der Waals surface area contributed by atoms with Crippen LogP contribution in [0.3, 0.4) is 0 Å². The lowest BCUT2D eigenvalue weighted by molar-refractivity contribution is 0.722. The molecule has 2 rings (SSSR count). The molecule has 0 aliphatic heterocycles. The zero-order valence-corrected chi connectivity index (χ0v) is 10.0. The molecule has 1 aromatic carbocycles. The van der Waals surface area contributed by atoms with Gasteiger partial charge in [0.2, 0.25) is 0 Å². The summed E-state index contributed by atoms with van der Waals surface area (Å²) in [6, 6.07) is 6.21. The number of rotatable bonds is 2. The van der Waals surface area contributed by atoms with E-state index >= 15 is 0 Å². The first kappa shape index (κ1) is 10.5. The molecule has 2 aromatic rings. The number of nitrogens with zero attached hydrogens (tertiary/aromatic N) is 2. The smallest absolute Gasteiger partial charge is 0.112 e. The van der Waals surface area contributed by atoms with Gasteiger partial charge >= 0.3 is 0 Å². The second-order valence-electron chi connectivity index (χ2n) is 4.14. The highest BCUT2D eigenvalue weighted by Crippen LogP contribution is 2.21. The summed E-state index contributed by atoms with van der Waals surface area (Å²) < 4.78 is 2.15. The van der Waals surface area contributed by atoms with Crippen LogP contribution in [0.25, 0.3) is 11.0 Å². The van der Waals surface area contributed by atoms with Gasteiger partial charge in [0.1, 0.15) is 5.82 Å². The monoisotopic (exact) mass is 222 g/mol. The molecule has 1 aromatic heterocycles. The van der Waals surface area contributed by atoms with Crippen LogP contribution >= 0.6 is 11.6 Å². The summed E-state index contributed by atoms with van der Waals surface area (Å²) in [6.45, 7) is 4.31. The average molecular weight is 223 g/mol. The van der Waals surface area contributed by atoms with Crippen LogP contribution < -0.4 is 0 Å². The zero-order chi connectivity index (χ0) is 11.0. The molecular weight excluding hydrogens is 208 g/mol. The quantitative estimate of drug-likeness (QED) is 0.712. The lowest BCUT2D eigenvalue weighted by Gasteiger charge is -2.04. The highest BCUT2D eigenvalue weighted by atomic mass is 35.5. The van der Waals surface area contributed by atoms with Crippen LogP contribution in [-0.4, -0.2) is 9.55 Å². The van der Waals surface area contributed by atoms with Crippen molar-refractivity contribution in [1.82, 2.24) is 9.55 Å². The van der Waals surface area contributed by atoms with E-state index in [-0.39, 0.29) is 0 Å². The standard InChI is InChI=1S/C12H15ClN2/c1-8(2)12-14-10-6-9(7-13)4-5-11(10)15(12)3/h4-6,8H,7H2,1-3H3. The molecule has 0 amide bonds. The number of hydrogen-bond donors (Lipinski definition) is 0. The molecule has 0 aliphatic rings. The second kappa shape index (κ2) is 3.86. The van der Waals surface area contributed by atoms with Crippen LogP contribution in [0.15, 0.2) is 18.2 Å². The minimum atomic E-state index is 0.446. The number of benzene rings is 1. The molecule has 0 atom stereocenters. The minimum absolute atomic E-state index is 0.446. The number of halogens is 1. The minimum Gasteiger partial charge on any atom is -0.331 e. The van der Waals surface area contributed by atoms with Crippen molar-refractivity contribution < 1.29 is 0 Å². The predicted molar refractivity (Wildman–Crippen MR) is 64.4 cm³/mol. The molecule has 0 saturated heterocycles. The lowest BCUT2D eigenvalue weighted by Crippen LogP contribution is -1.99. The summed E-state index contributed by atoms with van der Waals surface area (Å²) in [5.41, 5.74) is 3.34. The third kappa shape index (κ3) is 1.74. The molecule has 0 bridgehead atoms. The predicted octanol–water partition coefficient (Wildman–Crippen LogP) is 3.44. The van der Waals surface area contributed by atoms with E-state index in [0.717, 1.165) is 16.9 Å². The number of alkyl halides is 1. The van der Waals surface area contributed by atoms with Gasteiger partial charge in [-0.3, -0.25) is 0 Å². The van der Waals surface area contributed by atoms with Crippen LogP contribution in [-0.2, 0) is 12.9 Å². The van der Waals surface area contributed by atoms with E-state index in [2.05, 4.69) is 48.6 Å². The fourth-order valence-electron chi connectivity index (χ4n) is 1.86. The van der Waals surface area contributed by atoms with Crippen molar-refractivity contribution in [2.24, 2.45) is 7.05 Å². The number of fused-ring (bicyclic) bond motifs is 1. The Labute approximate surface area is 94.9 Å². The van der Waals surface area contributed by atoms with Gasteiger partial charge in [0.05, 0.1) is 11.0 Å². The number of aryl methyl sites for hydroxylation is 1. The summed E-state index contributed by atoms with van der Waals surface area (Å²) in [5, 5.41) is 0. The van der Waals surface area contributed by atoms with Crippen LogP contribution in [0.2, 0.25) is 0 Å². The molecule has 0 unspecified atom stereocenters. The molecule has 2 nitrogen and oxygen atoms in total. The second-order valence-corrected chi connectivity index (χ2v) is 4.41. The Bertz CT molecular complexity index is 486. The van der Waals surface area contributed by atoms with Gasteiger partial charge in [-0.25, -0.2) is 4.98 Å². The van der Waals surface area contributed by atoms with Crippen molar-refractivity contribution in [3.63, 3.8) is 0 Å². The Kier molecular flexibility index (Phi) is 2.70. The molecule has 0 saturated carbocycles. The number of aromatic nitrogens is 2. The average Bonchev–Trinajstić information content (AvgIpc) is 2.55. The topological polar surface area (TPSA) is 17.8 Å². The van der Waals surface area contributed by atoms with Gasteiger partial charge < -0.3 is 4.57 Å². The first-order chi connectivity index (χ1) is 7.13. The first-order valence-electron chi connectivity index (χ1n) is 5.14. The Balaban J connectivity index is 2.65. The van der Waals surface area contributed by atoms with Crippen LogP contribution in [0, 0.1) is 0 Å². The molecule has 1 heterocycles. The normalized spacial score (nSPS) is 11.5. The summed E-state index contributed by atoms with van der Waals surface area (Å²) >= 11 is 5.80. The molecule has 15 heavy (non-hydrogen) atoms. The van der Waals surface area contributed by atoms with Gasteiger partial charge in [0, 0.05) is 18.8 Å². The summed E-state index contributed by atoms with van der Waals surface area (Å²) in [4.78, 5) is 4.62. The fourth-order valence-corrected chi connectivity index (χ4v) is 2.03. The number of imidazole rings is 1. The van der Waals surface area contributed by atoms with Crippen LogP contribution in [0.5, 0.6) is 0 Å². The summed E-state index contributed by atoms with van der Waals surface area (Å²) in [5.74, 6) is 2.11. The Morgan fingerprint density at radius 3 is 2.73 bits per heavy atom. The maximum Gasteiger partial charge on any atom is 0.112 e. The van der Waals surface area contributed by atoms with Gasteiger partial charge in [-0.05, 0) is 17.7 Å². The van der Waals surface area contributed by atoms with Gasteiger partial charge in [0.15, 0.2) is 0 Å². The molecule has 3 heteroatoms. The molecule has 0 radical (unpaired) electrons. The molecule has 0 aliphatic carbocycles. The summed E-state index contributed by atoms with van der Waals surface area (Å²) in [7, 11) is 2.06. The van der Waals surface area contributed by atoms with Crippen molar-refractivity contribution in [3.05, 3.63) is 29.6 Å². The van der Waals surface area contributed by atoms with E-state index in [1.807, 2.05) is 0 Å². The van der Waals surface area contributed by atoms with E-state index in [0.29, 0.717) is 11.8 Å². The van der Waals surface area contributed by atoms with E-state index in [4.69, 9.17) is 11.6 Å². The largest absolute Gasteiger partial charge is 0.331 e. The lowest BCUT2D eigenvalue weighted by atomic mass is 10.2. The Morgan fingerprint density at radius 2 is 2.13 bits per heavy atom. The van der Waals surface area contributed by atoms with E-state index in [9.17, 15) is 0 Å². The SMILES string of the molecule is CC(C)c1nc2cc(CCl)ccc2n1C. The molecule has 80 valence electrons. The zero-order valence-electron chi connectivity index (χ0n) is 9.29. The summed E-state index contributed by atoms with van der Waals surface area (Å²) in [6.07, 6.45) is 0. The maximum absolute atomic E-state index is 5.80. The van der Waals surface area contributed by atoms with Gasteiger partial charge in [0.25, 0.3) is 0 Å². The highest BCUT2D eigenvalue weighted by Gasteiger charge is 2.10. The number of hydrogen-bond acceptors (Lipinski definition) is 1. The molecule has 0 fully saturated rings. The van der Waals surface area contributed by atoms with Crippen LogP contribution in [0.4, 0.5) is 0 Å². The first-order valence-corrected chi connectivity index (χ1v) is 5.68. The van der Waals surface area contributed by atoms with Gasteiger partial charge in [-0.1, -0.05) is 19.9 Å². The van der Waals surface area contributed by atoms with Crippen LogP contribution in [0.1, 0.15) is 31.2 Å². The van der Waals surface area contributed by atoms with Crippen molar-refractivity contribution in [2.75, 3.05) is 0 Å².